The lowest BCUT2D eigenvalue weighted by Crippen LogP contribution is -2.46. The Labute approximate surface area is 136 Å². The Balaban J connectivity index is 2.61. The zero-order valence-electron chi connectivity index (χ0n) is 11.7. The lowest BCUT2D eigenvalue weighted by Gasteiger charge is -2.30. The highest BCUT2D eigenvalue weighted by molar-refractivity contribution is 7.80. The first kappa shape index (κ1) is 16.4. The maximum atomic E-state index is 14.2. The van der Waals surface area contributed by atoms with E-state index in [1.165, 1.54) is 18.2 Å². The minimum absolute atomic E-state index is 0.00690. The Morgan fingerprint density at radius 1 is 1.41 bits per heavy atom. The summed E-state index contributed by atoms with van der Waals surface area (Å²) in [5, 5.41) is 5.81. The van der Waals surface area contributed by atoms with Crippen LogP contribution in [0.4, 0.5) is 4.39 Å². The summed E-state index contributed by atoms with van der Waals surface area (Å²) in [7, 11) is 1.09. The summed E-state index contributed by atoms with van der Waals surface area (Å²) in [6.45, 7) is 1.56. The van der Waals surface area contributed by atoms with Crippen LogP contribution in [0.5, 0.6) is 0 Å². The normalized spacial score (nSPS) is 17.6. The third-order valence-electron chi connectivity index (χ3n) is 3.17. The number of esters is 1. The highest BCUT2D eigenvalue weighted by Crippen LogP contribution is 2.33. The van der Waals surface area contributed by atoms with E-state index < -0.39 is 23.6 Å². The maximum absolute atomic E-state index is 14.2. The van der Waals surface area contributed by atoms with Crippen LogP contribution >= 0.6 is 23.8 Å². The van der Waals surface area contributed by atoms with Crippen LogP contribution in [0.2, 0.25) is 5.02 Å². The van der Waals surface area contributed by atoms with Gasteiger partial charge in [-0.1, -0.05) is 17.7 Å². The first-order valence-corrected chi connectivity index (χ1v) is 7.00. The van der Waals surface area contributed by atoms with Crippen molar-refractivity contribution in [3.8, 4) is 0 Å². The van der Waals surface area contributed by atoms with E-state index in [2.05, 4.69) is 15.4 Å². The van der Waals surface area contributed by atoms with E-state index in [0.29, 0.717) is 5.70 Å². The van der Waals surface area contributed by atoms with Gasteiger partial charge in [-0.15, -0.1) is 0 Å². The molecule has 1 aliphatic rings. The highest BCUT2D eigenvalue weighted by atomic mass is 35.5. The largest absolute Gasteiger partial charge is 0.463 e. The van der Waals surface area contributed by atoms with Crippen LogP contribution in [0.15, 0.2) is 29.5 Å². The molecular weight excluding hydrogens is 331 g/mol. The molecule has 8 heteroatoms. The molecule has 0 unspecified atom stereocenters. The summed E-state index contributed by atoms with van der Waals surface area (Å²) >= 11 is 11.1. The SMILES string of the molecule is COC(=O)C(=O)C1=C(C)NC(=S)N[C@@H]1c1c(F)cccc1Cl. The smallest absolute Gasteiger partial charge is 0.379 e. The fraction of sp³-hybridized carbons (Fsp3) is 0.214. The number of rotatable bonds is 3. The minimum atomic E-state index is -1.05. The van der Waals surface area contributed by atoms with E-state index >= 15 is 0 Å². The lowest BCUT2D eigenvalue weighted by molar-refractivity contribution is -0.150. The molecule has 0 aliphatic carbocycles. The first-order chi connectivity index (χ1) is 10.4. The number of benzene rings is 1. The summed E-state index contributed by atoms with van der Waals surface area (Å²) in [6.07, 6.45) is 0. The molecule has 1 aliphatic heterocycles. The van der Waals surface area contributed by atoms with Crippen molar-refractivity contribution in [2.45, 2.75) is 13.0 Å². The minimum Gasteiger partial charge on any atom is -0.463 e. The quantitative estimate of drug-likeness (QED) is 0.497. The van der Waals surface area contributed by atoms with Crippen LogP contribution in [0.3, 0.4) is 0 Å². The van der Waals surface area contributed by atoms with Gasteiger partial charge in [0.25, 0.3) is 5.78 Å². The molecule has 22 heavy (non-hydrogen) atoms. The van der Waals surface area contributed by atoms with E-state index in [0.717, 1.165) is 7.11 Å². The fourth-order valence-corrected chi connectivity index (χ4v) is 2.74. The molecule has 2 rings (SSSR count). The van der Waals surface area contributed by atoms with Crippen molar-refractivity contribution in [1.82, 2.24) is 10.6 Å². The number of nitrogens with one attached hydrogen (secondary N) is 2. The number of Topliss-reactive ketones (excluding diaryl/α,β-unsaturated/α-hetero) is 1. The van der Waals surface area contributed by atoms with Gasteiger partial charge in [0, 0.05) is 16.3 Å². The van der Waals surface area contributed by atoms with Crippen LogP contribution in [0.1, 0.15) is 18.5 Å². The van der Waals surface area contributed by atoms with Gasteiger partial charge in [0.1, 0.15) is 5.82 Å². The van der Waals surface area contributed by atoms with Crippen LogP contribution in [0.25, 0.3) is 0 Å². The number of carbonyl (C=O) groups is 2. The summed E-state index contributed by atoms with van der Waals surface area (Å²) in [6, 6.07) is 3.17. The van der Waals surface area contributed by atoms with Gasteiger partial charge in [-0.2, -0.15) is 0 Å². The second-order valence-corrected chi connectivity index (χ2v) is 5.34. The molecule has 0 bridgehead atoms. The van der Waals surface area contributed by atoms with E-state index in [9.17, 15) is 14.0 Å². The average molecular weight is 343 g/mol. The predicted octanol–water partition coefficient (Wildman–Crippen LogP) is 2.01. The van der Waals surface area contributed by atoms with Gasteiger partial charge >= 0.3 is 5.97 Å². The number of ketones is 1. The number of halogens is 2. The number of allylic oxidation sites excluding steroid dienone is 1. The second-order valence-electron chi connectivity index (χ2n) is 4.53. The number of ether oxygens (including phenoxy) is 1. The van der Waals surface area contributed by atoms with Gasteiger partial charge in [-0.3, -0.25) is 4.79 Å². The van der Waals surface area contributed by atoms with E-state index in [-0.39, 0.29) is 21.3 Å². The Bertz CT molecular complexity index is 685. The molecule has 1 atom stereocenters. The molecule has 0 aromatic heterocycles. The summed E-state index contributed by atoms with van der Waals surface area (Å²) in [5.41, 5.74) is 0.385. The van der Waals surface area contributed by atoms with Crippen LogP contribution in [-0.4, -0.2) is 24.0 Å². The molecule has 0 saturated heterocycles. The maximum Gasteiger partial charge on any atom is 0.379 e. The van der Waals surface area contributed by atoms with Crippen LogP contribution < -0.4 is 10.6 Å². The zero-order valence-corrected chi connectivity index (χ0v) is 13.3. The topological polar surface area (TPSA) is 67.4 Å². The molecule has 0 saturated carbocycles. The molecule has 1 aromatic carbocycles. The second kappa shape index (κ2) is 6.41. The number of hydrogen-bond acceptors (Lipinski definition) is 4. The van der Waals surface area contributed by atoms with Crippen molar-refractivity contribution < 1.29 is 18.7 Å². The molecule has 0 fully saturated rings. The number of hydrogen-bond donors (Lipinski definition) is 2. The average Bonchev–Trinajstić information content (AvgIpc) is 2.45. The molecule has 116 valence electrons. The first-order valence-electron chi connectivity index (χ1n) is 6.21. The van der Waals surface area contributed by atoms with Crippen LogP contribution in [0, 0.1) is 5.82 Å². The van der Waals surface area contributed by atoms with Crippen molar-refractivity contribution in [3.05, 3.63) is 45.9 Å². The molecule has 2 N–H and O–H groups in total. The monoisotopic (exact) mass is 342 g/mol. The summed E-state index contributed by atoms with van der Waals surface area (Å²) < 4.78 is 18.6. The van der Waals surface area contributed by atoms with Gasteiger partial charge < -0.3 is 15.4 Å². The Kier molecular flexibility index (Phi) is 4.77. The number of carbonyl (C=O) groups excluding carboxylic acids is 2. The molecule has 1 aromatic rings. The van der Waals surface area contributed by atoms with E-state index in [1.54, 1.807) is 6.92 Å². The number of thiocarbonyl (C=S) groups is 1. The van der Waals surface area contributed by atoms with Gasteiger partial charge in [0.05, 0.1) is 18.7 Å². The van der Waals surface area contributed by atoms with Crippen LogP contribution in [-0.2, 0) is 14.3 Å². The van der Waals surface area contributed by atoms with Crippen molar-refractivity contribution in [3.63, 3.8) is 0 Å². The molecule has 0 radical (unpaired) electrons. The molecule has 0 amide bonds. The Hall–Kier alpha value is -1.99. The summed E-state index contributed by atoms with van der Waals surface area (Å²) in [4.78, 5) is 23.8. The zero-order chi connectivity index (χ0) is 16.4. The Morgan fingerprint density at radius 2 is 2.09 bits per heavy atom. The van der Waals surface area contributed by atoms with E-state index in [4.69, 9.17) is 23.8 Å². The fourth-order valence-electron chi connectivity index (χ4n) is 2.20. The Morgan fingerprint density at radius 3 is 2.68 bits per heavy atom. The van der Waals surface area contributed by atoms with Crippen molar-refractivity contribution in [2.24, 2.45) is 0 Å². The predicted molar refractivity (Wildman–Crippen MR) is 82.7 cm³/mol. The molecule has 0 spiro atoms. The van der Waals surface area contributed by atoms with Crippen molar-refractivity contribution in [2.75, 3.05) is 7.11 Å². The molecular formula is C14H12ClFN2O3S. The third kappa shape index (κ3) is 2.95. The van der Waals surface area contributed by atoms with Crippen molar-refractivity contribution in [1.29, 1.82) is 0 Å². The highest BCUT2D eigenvalue weighted by Gasteiger charge is 2.36. The third-order valence-corrected chi connectivity index (χ3v) is 3.72. The standard InChI is InChI=1S/C14H12ClFN2O3S/c1-6-9(12(19)13(20)21-2)11(18-14(22)17-6)10-7(15)4-3-5-8(10)16/h3-5,11H,1-2H3,(H2,17,18,22)/t11-/m0/s1. The van der Waals surface area contributed by atoms with E-state index in [1.807, 2.05) is 0 Å². The summed E-state index contributed by atoms with van der Waals surface area (Å²) in [5.74, 6) is -2.56. The van der Waals surface area contributed by atoms with Gasteiger partial charge in [-0.05, 0) is 31.3 Å². The molecule has 5 nitrogen and oxygen atoms in total. The van der Waals surface area contributed by atoms with Gasteiger partial charge in [0.2, 0.25) is 0 Å². The number of methoxy groups -OCH3 is 1. The molecule has 1 heterocycles. The van der Waals surface area contributed by atoms with Gasteiger partial charge in [-0.25, -0.2) is 9.18 Å². The lowest BCUT2D eigenvalue weighted by atomic mass is 9.92. The van der Waals surface area contributed by atoms with Crippen molar-refractivity contribution >= 4 is 40.7 Å². The van der Waals surface area contributed by atoms with Gasteiger partial charge in [0.15, 0.2) is 5.11 Å².